The van der Waals surface area contributed by atoms with E-state index < -0.39 is 5.91 Å². The highest BCUT2D eigenvalue weighted by molar-refractivity contribution is 7.18. The molecule has 7 nitrogen and oxygen atoms in total. The van der Waals surface area contributed by atoms with Crippen molar-refractivity contribution in [2.45, 2.75) is 25.7 Å². The maximum atomic E-state index is 11.8. The molecule has 1 heterocycles. The fourth-order valence-electron chi connectivity index (χ4n) is 1.78. The predicted molar refractivity (Wildman–Crippen MR) is 82.4 cm³/mol. The Bertz CT molecular complexity index is 630. The first-order chi connectivity index (χ1) is 10.7. The molecule has 0 saturated heterocycles. The number of unbranched alkanes of at least 4 members (excludes halogenated alkanes) is 1. The van der Waals surface area contributed by atoms with Gasteiger partial charge in [-0.15, -0.1) is 10.2 Å². The van der Waals surface area contributed by atoms with E-state index >= 15 is 0 Å². The van der Waals surface area contributed by atoms with Crippen LogP contribution in [-0.2, 0) is 9.59 Å². The molecule has 0 atom stereocenters. The predicted octanol–water partition coefficient (Wildman–Crippen LogP) is 2.21. The van der Waals surface area contributed by atoms with E-state index in [0.29, 0.717) is 24.4 Å². The van der Waals surface area contributed by atoms with Gasteiger partial charge in [0.25, 0.3) is 0 Å². The van der Waals surface area contributed by atoms with E-state index in [1.807, 2.05) is 30.3 Å². The van der Waals surface area contributed by atoms with Gasteiger partial charge in [-0.2, -0.15) is 0 Å². The first-order valence-electron chi connectivity index (χ1n) is 6.81. The van der Waals surface area contributed by atoms with Crippen molar-refractivity contribution in [1.29, 1.82) is 0 Å². The summed E-state index contributed by atoms with van der Waals surface area (Å²) in [6, 6.07) is 9.61. The highest BCUT2D eigenvalue weighted by Crippen LogP contribution is 2.25. The Labute approximate surface area is 131 Å². The molecule has 8 heteroatoms. The van der Waals surface area contributed by atoms with Crippen LogP contribution in [0.1, 0.15) is 25.7 Å². The van der Waals surface area contributed by atoms with Crippen LogP contribution < -0.4 is 10.8 Å². The van der Waals surface area contributed by atoms with Crippen LogP contribution in [0, 0.1) is 0 Å². The van der Waals surface area contributed by atoms with E-state index in [0.717, 1.165) is 10.6 Å². The largest absolute Gasteiger partial charge is 0.301 e. The lowest BCUT2D eigenvalue weighted by Crippen LogP contribution is -2.18. The summed E-state index contributed by atoms with van der Waals surface area (Å²) in [7, 11) is 0. The number of hydroxylamine groups is 1. The van der Waals surface area contributed by atoms with Crippen molar-refractivity contribution in [2.24, 2.45) is 0 Å². The van der Waals surface area contributed by atoms with Crippen LogP contribution in [0.3, 0.4) is 0 Å². The number of carbonyl (C=O) groups excluding carboxylic acids is 2. The second-order valence-corrected chi connectivity index (χ2v) is 5.55. The van der Waals surface area contributed by atoms with Crippen LogP contribution in [0.15, 0.2) is 30.3 Å². The molecule has 0 fully saturated rings. The molecule has 2 aromatic rings. The summed E-state index contributed by atoms with van der Waals surface area (Å²) in [4.78, 5) is 22.6. The number of hydrogen-bond donors (Lipinski definition) is 3. The highest BCUT2D eigenvalue weighted by Gasteiger charge is 2.09. The van der Waals surface area contributed by atoms with E-state index in [4.69, 9.17) is 5.21 Å². The third-order valence-corrected chi connectivity index (χ3v) is 3.76. The highest BCUT2D eigenvalue weighted by atomic mass is 32.1. The molecule has 22 heavy (non-hydrogen) atoms. The van der Waals surface area contributed by atoms with Crippen molar-refractivity contribution in [1.82, 2.24) is 15.7 Å². The Morgan fingerprint density at radius 1 is 1.05 bits per heavy atom. The monoisotopic (exact) mass is 320 g/mol. The van der Waals surface area contributed by atoms with Gasteiger partial charge in [0.1, 0.15) is 5.01 Å². The number of amides is 2. The zero-order valence-corrected chi connectivity index (χ0v) is 12.6. The summed E-state index contributed by atoms with van der Waals surface area (Å²) in [5.74, 6) is -0.614. The van der Waals surface area contributed by atoms with Crippen LogP contribution in [0.5, 0.6) is 0 Å². The van der Waals surface area contributed by atoms with Crippen LogP contribution >= 0.6 is 11.3 Å². The minimum atomic E-state index is -0.447. The molecule has 2 amide bonds. The number of nitrogens with zero attached hydrogens (tertiary/aromatic N) is 2. The van der Waals surface area contributed by atoms with Gasteiger partial charge < -0.3 is 5.32 Å². The maximum Gasteiger partial charge on any atom is 0.243 e. The van der Waals surface area contributed by atoms with Gasteiger partial charge in [0.2, 0.25) is 16.9 Å². The van der Waals surface area contributed by atoms with Crippen LogP contribution in [0.4, 0.5) is 5.13 Å². The van der Waals surface area contributed by atoms with E-state index in [2.05, 4.69) is 15.5 Å². The van der Waals surface area contributed by atoms with Crippen LogP contribution in [0.25, 0.3) is 10.6 Å². The van der Waals surface area contributed by atoms with Crippen molar-refractivity contribution in [2.75, 3.05) is 5.32 Å². The molecule has 0 radical (unpaired) electrons. The normalized spacial score (nSPS) is 10.2. The molecule has 0 saturated carbocycles. The van der Waals surface area contributed by atoms with E-state index in [-0.39, 0.29) is 12.3 Å². The lowest BCUT2D eigenvalue weighted by Gasteiger charge is -2.01. The molecule has 0 unspecified atom stereocenters. The molecular weight excluding hydrogens is 304 g/mol. The lowest BCUT2D eigenvalue weighted by atomic mass is 10.2. The molecule has 2 rings (SSSR count). The van der Waals surface area contributed by atoms with Gasteiger partial charge >= 0.3 is 0 Å². The molecule has 116 valence electrons. The minimum Gasteiger partial charge on any atom is -0.301 e. The molecule has 0 bridgehead atoms. The van der Waals surface area contributed by atoms with Crippen molar-refractivity contribution >= 4 is 28.3 Å². The van der Waals surface area contributed by atoms with Crippen LogP contribution in [-0.4, -0.2) is 27.2 Å². The number of aromatic nitrogens is 2. The molecule has 0 aliphatic heterocycles. The molecule has 1 aromatic heterocycles. The van der Waals surface area contributed by atoms with Gasteiger partial charge in [-0.25, -0.2) is 5.48 Å². The smallest absolute Gasteiger partial charge is 0.243 e. The van der Waals surface area contributed by atoms with Crippen molar-refractivity contribution in [3.05, 3.63) is 30.3 Å². The number of rotatable bonds is 7. The number of anilines is 1. The summed E-state index contributed by atoms with van der Waals surface area (Å²) < 4.78 is 0. The number of carbonyl (C=O) groups is 2. The summed E-state index contributed by atoms with van der Waals surface area (Å²) in [6.07, 6.45) is 1.58. The minimum absolute atomic E-state index is 0.167. The second-order valence-electron chi connectivity index (χ2n) is 4.57. The molecule has 3 N–H and O–H groups in total. The Hall–Kier alpha value is -2.32. The van der Waals surface area contributed by atoms with Gasteiger partial charge in [0.15, 0.2) is 0 Å². The third-order valence-electron chi connectivity index (χ3n) is 2.87. The first kappa shape index (κ1) is 16.1. The summed E-state index contributed by atoms with van der Waals surface area (Å²) in [5, 5.41) is 20.2. The van der Waals surface area contributed by atoms with Crippen molar-refractivity contribution < 1.29 is 14.8 Å². The first-order valence-corrected chi connectivity index (χ1v) is 7.62. The lowest BCUT2D eigenvalue weighted by molar-refractivity contribution is -0.129. The van der Waals surface area contributed by atoms with E-state index in [9.17, 15) is 9.59 Å². The zero-order valence-electron chi connectivity index (χ0n) is 11.8. The Kier molecular flexibility index (Phi) is 5.99. The molecular formula is C14H16N4O3S. The Balaban J connectivity index is 1.78. The van der Waals surface area contributed by atoms with Gasteiger partial charge in [-0.05, 0) is 12.8 Å². The SMILES string of the molecule is O=C(CCCCC(=O)Nc1nnc(-c2ccccc2)s1)NO. The van der Waals surface area contributed by atoms with Crippen molar-refractivity contribution in [3.8, 4) is 10.6 Å². The van der Waals surface area contributed by atoms with E-state index in [1.165, 1.54) is 11.3 Å². The molecule has 1 aromatic carbocycles. The molecule has 0 aliphatic rings. The number of benzene rings is 1. The molecule has 0 spiro atoms. The maximum absolute atomic E-state index is 11.8. The van der Waals surface area contributed by atoms with Gasteiger partial charge in [-0.3, -0.25) is 14.8 Å². The van der Waals surface area contributed by atoms with E-state index in [1.54, 1.807) is 5.48 Å². The molecule has 0 aliphatic carbocycles. The standard InChI is InChI=1S/C14H16N4O3S/c19-11(8-4-5-9-12(20)18-21)15-14-17-16-13(22-14)10-6-2-1-3-7-10/h1-3,6-7,21H,4-5,8-9H2,(H,18,20)(H,15,17,19). The third kappa shape index (κ3) is 4.90. The quantitative estimate of drug-likeness (QED) is 0.412. The van der Waals surface area contributed by atoms with Gasteiger partial charge in [-0.1, -0.05) is 41.7 Å². The Morgan fingerprint density at radius 2 is 1.73 bits per heavy atom. The zero-order chi connectivity index (χ0) is 15.8. The Morgan fingerprint density at radius 3 is 2.41 bits per heavy atom. The average Bonchev–Trinajstić information content (AvgIpc) is 3.00. The van der Waals surface area contributed by atoms with Gasteiger partial charge in [0, 0.05) is 18.4 Å². The number of nitrogens with one attached hydrogen (secondary N) is 2. The summed E-state index contributed by atoms with van der Waals surface area (Å²) in [5.41, 5.74) is 2.51. The topological polar surface area (TPSA) is 104 Å². The number of hydrogen-bond acceptors (Lipinski definition) is 6. The fourth-order valence-corrected chi connectivity index (χ4v) is 2.55. The summed E-state index contributed by atoms with van der Waals surface area (Å²) >= 11 is 1.31. The fraction of sp³-hybridized carbons (Fsp3) is 0.286. The summed E-state index contributed by atoms with van der Waals surface area (Å²) in [6.45, 7) is 0. The van der Waals surface area contributed by atoms with Crippen molar-refractivity contribution in [3.63, 3.8) is 0 Å². The van der Waals surface area contributed by atoms with Gasteiger partial charge in [0.05, 0.1) is 0 Å². The average molecular weight is 320 g/mol. The second kappa shape index (κ2) is 8.20. The van der Waals surface area contributed by atoms with Crippen LogP contribution in [0.2, 0.25) is 0 Å².